The van der Waals surface area contributed by atoms with Crippen LogP contribution in [0.5, 0.6) is 5.75 Å². The Hall–Kier alpha value is -3.67. The fraction of sp³-hybridized carbons (Fsp3) is 0.167. The van der Waals surface area contributed by atoms with Crippen LogP contribution in [0.25, 0.3) is 0 Å². The minimum Gasteiger partial charge on any atom is -0.481 e. The maximum Gasteiger partial charge on any atom is 0.265 e. The summed E-state index contributed by atoms with van der Waals surface area (Å²) in [6, 6.07) is 17.8. The Morgan fingerprint density at radius 1 is 0.900 bits per heavy atom. The largest absolute Gasteiger partial charge is 0.481 e. The van der Waals surface area contributed by atoms with E-state index >= 15 is 0 Å². The van der Waals surface area contributed by atoms with E-state index in [1.807, 2.05) is 32.0 Å². The molecule has 0 radical (unpaired) electrons. The first-order valence-electron chi connectivity index (χ1n) is 9.54. The number of halogens is 1. The van der Waals surface area contributed by atoms with Crippen molar-refractivity contribution in [2.24, 2.45) is 0 Å². The van der Waals surface area contributed by atoms with E-state index in [-0.39, 0.29) is 17.6 Å². The van der Waals surface area contributed by atoms with Crippen LogP contribution in [-0.4, -0.2) is 17.9 Å². The molecule has 3 aromatic carbocycles. The Labute approximate surface area is 174 Å². The van der Waals surface area contributed by atoms with Crippen molar-refractivity contribution in [1.29, 1.82) is 0 Å². The number of aryl methyl sites for hydroxylation is 1. The molecule has 3 rings (SSSR count). The molecule has 0 saturated heterocycles. The van der Waals surface area contributed by atoms with E-state index in [4.69, 9.17) is 4.74 Å². The first kappa shape index (κ1) is 21.0. The lowest BCUT2D eigenvalue weighted by Crippen LogP contribution is -2.30. The zero-order valence-corrected chi connectivity index (χ0v) is 17.0. The normalized spacial score (nSPS) is 11.5. The highest BCUT2D eigenvalue weighted by molar-refractivity contribution is 6.04. The predicted octanol–water partition coefficient (Wildman–Crippen LogP) is 5.10. The minimum atomic E-state index is -0.773. The van der Waals surface area contributed by atoms with E-state index in [0.29, 0.717) is 17.0 Å². The summed E-state index contributed by atoms with van der Waals surface area (Å²) < 4.78 is 18.6. The Morgan fingerprint density at radius 2 is 1.57 bits per heavy atom. The molecule has 154 valence electrons. The second kappa shape index (κ2) is 9.22. The Balaban J connectivity index is 1.59. The van der Waals surface area contributed by atoms with E-state index in [1.54, 1.807) is 31.2 Å². The number of anilines is 2. The average Bonchev–Trinajstić information content (AvgIpc) is 2.73. The van der Waals surface area contributed by atoms with Gasteiger partial charge < -0.3 is 15.4 Å². The van der Waals surface area contributed by atoms with E-state index < -0.39 is 6.10 Å². The lowest BCUT2D eigenvalue weighted by atomic mass is 10.1. The zero-order chi connectivity index (χ0) is 21.7. The number of rotatable bonds is 6. The molecule has 2 N–H and O–H groups in total. The SMILES string of the molecule is Cc1cccc(NC(=O)c2ccc(O[C@H](C)C(=O)Nc3ccc(F)cc3)cc2)c1C. The molecule has 0 bridgehead atoms. The molecule has 3 aromatic rings. The van der Waals surface area contributed by atoms with Gasteiger partial charge in [0.1, 0.15) is 11.6 Å². The number of ether oxygens (including phenoxy) is 1. The van der Waals surface area contributed by atoms with Crippen molar-refractivity contribution >= 4 is 23.2 Å². The molecule has 0 unspecified atom stereocenters. The summed E-state index contributed by atoms with van der Waals surface area (Å²) in [5, 5.41) is 5.57. The molecule has 0 aliphatic heterocycles. The summed E-state index contributed by atoms with van der Waals surface area (Å²) >= 11 is 0. The summed E-state index contributed by atoms with van der Waals surface area (Å²) in [4.78, 5) is 24.7. The third-order valence-electron chi connectivity index (χ3n) is 4.76. The number of carbonyl (C=O) groups excluding carboxylic acids is 2. The van der Waals surface area contributed by atoms with Crippen molar-refractivity contribution < 1.29 is 18.7 Å². The molecule has 30 heavy (non-hydrogen) atoms. The van der Waals surface area contributed by atoms with Crippen molar-refractivity contribution in [3.63, 3.8) is 0 Å². The lowest BCUT2D eigenvalue weighted by Gasteiger charge is -2.15. The van der Waals surface area contributed by atoms with Gasteiger partial charge in [-0.3, -0.25) is 9.59 Å². The molecule has 1 atom stereocenters. The van der Waals surface area contributed by atoms with Crippen molar-refractivity contribution in [2.75, 3.05) is 10.6 Å². The predicted molar refractivity (Wildman–Crippen MR) is 115 cm³/mol. The standard InChI is InChI=1S/C24H23FN2O3/c1-15-5-4-6-22(16(15)2)27-24(29)18-7-13-21(14-8-18)30-17(3)23(28)26-20-11-9-19(25)10-12-20/h4-14,17H,1-3H3,(H,26,28)(H,27,29)/t17-/m1/s1. The van der Waals surface area contributed by atoms with Gasteiger partial charge >= 0.3 is 0 Å². The van der Waals surface area contributed by atoms with Crippen LogP contribution in [0.2, 0.25) is 0 Å². The molecule has 5 nitrogen and oxygen atoms in total. The molecule has 0 aliphatic rings. The Morgan fingerprint density at radius 3 is 2.23 bits per heavy atom. The van der Waals surface area contributed by atoms with E-state index in [2.05, 4.69) is 10.6 Å². The van der Waals surface area contributed by atoms with Gasteiger partial charge in [-0.25, -0.2) is 4.39 Å². The molecule has 0 spiro atoms. The molecule has 0 heterocycles. The van der Waals surface area contributed by atoms with Crippen molar-refractivity contribution in [3.8, 4) is 5.75 Å². The molecule has 0 saturated carbocycles. The number of hydrogen-bond donors (Lipinski definition) is 2. The molecule has 0 aromatic heterocycles. The number of nitrogens with one attached hydrogen (secondary N) is 2. The highest BCUT2D eigenvalue weighted by atomic mass is 19.1. The lowest BCUT2D eigenvalue weighted by molar-refractivity contribution is -0.122. The molecule has 0 aliphatic carbocycles. The maximum atomic E-state index is 13.0. The third kappa shape index (κ3) is 5.23. The van der Waals surface area contributed by atoms with Gasteiger partial charge in [0.2, 0.25) is 0 Å². The number of amides is 2. The van der Waals surface area contributed by atoms with Crippen LogP contribution in [0, 0.1) is 19.7 Å². The van der Waals surface area contributed by atoms with Gasteiger partial charge in [0, 0.05) is 16.9 Å². The number of benzene rings is 3. The van der Waals surface area contributed by atoms with Crippen LogP contribution in [0.1, 0.15) is 28.4 Å². The fourth-order valence-corrected chi connectivity index (χ4v) is 2.80. The van der Waals surface area contributed by atoms with Gasteiger partial charge in [-0.05, 0) is 86.5 Å². The summed E-state index contributed by atoms with van der Waals surface area (Å²) in [5.74, 6) is -0.505. The van der Waals surface area contributed by atoms with Crippen LogP contribution in [-0.2, 0) is 4.79 Å². The first-order chi connectivity index (χ1) is 14.3. The topological polar surface area (TPSA) is 67.4 Å². The first-order valence-corrected chi connectivity index (χ1v) is 9.54. The number of hydrogen-bond acceptors (Lipinski definition) is 3. The summed E-state index contributed by atoms with van der Waals surface area (Å²) in [6.45, 7) is 5.56. The summed E-state index contributed by atoms with van der Waals surface area (Å²) in [6.07, 6.45) is -0.773. The van der Waals surface area contributed by atoms with Gasteiger partial charge in [-0.1, -0.05) is 12.1 Å². The van der Waals surface area contributed by atoms with Gasteiger partial charge in [0.25, 0.3) is 11.8 Å². The fourth-order valence-electron chi connectivity index (χ4n) is 2.80. The quantitative estimate of drug-likeness (QED) is 0.598. The van der Waals surface area contributed by atoms with Crippen LogP contribution < -0.4 is 15.4 Å². The minimum absolute atomic E-state index is 0.225. The van der Waals surface area contributed by atoms with E-state index in [1.165, 1.54) is 24.3 Å². The monoisotopic (exact) mass is 406 g/mol. The zero-order valence-electron chi connectivity index (χ0n) is 17.0. The van der Waals surface area contributed by atoms with Crippen LogP contribution in [0.4, 0.5) is 15.8 Å². The highest BCUT2D eigenvalue weighted by Crippen LogP contribution is 2.20. The summed E-state index contributed by atoms with van der Waals surface area (Å²) in [5.41, 5.74) is 3.85. The highest BCUT2D eigenvalue weighted by Gasteiger charge is 2.15. The third-order valence-corrected chi connectivity index (χ3v) is 4.76. The van der Waals surface area contributed by atoms with Crippen LogP contribution in [0.3, 0.4) is 0 Å². The van der Waals surface area contributed by atoms with Crippen molar-refractivity contribution in [1.82, 2.24) is 0 Å². The maximum absolute atomic E-state index is 13.0. The molecule has 6 heteroatoms. The Kier molecular flexibility index (Phi) is 6.47. The Bertz CT molecular complexity index is 1050. The molecular weight excluding hydrogens is 383 g/mol. The van der Waals surface area contributed by atoms with Crippen molar-refractivity contribution in [2.45, 2.75) is 26.9 Å². The van der Waals surface area contributed by atoms with Gasteiger partial charge in [0.05, 0.1) is 0 Å². The number of carbonyl (C=O) groups is 2. The van der Waals surface area contributed by atoms with Crippen LogP contribution >= 0.6 is 0 Å². The molecular formula is C24H23FN2O3. The van der Waals surface area contributed by atoms with Crippen molar-refractivity contribution in [3.05, 3.63) is 89.2 Å². The van der Waals surface area contributed by atoms with E-state index in [9.17, 15) is 14.0 Å². The van der Waals surface area contributed by atoms with E-state index in [0.717, 1.165) is 16.8 Å². The van der Waals surface area contributed by atoms with Gasteiger partial charge in [0.15, 0.2) is 6.10 Å². The summed E-state index contributed by atoms with van der Waals surface area (Å²) in [7, 11) is 0. The molecule has 2 amide bonds. The second-order valence-electron chi connectivity index (χ2n) is 6.98. The van der Waals surface area contributed by atoms with Crippen LogP contribution in [0.15, 0.2) is 66.7 Å². The smallest absolute Gasteiger partial charge is 0.265 e. The second-order valence-corrected chi connectivity index (χ2v) is 6.98. The molecule has 0 fully saturated rings. The van der Waals surface area contributed by atoms with Gasteiger partial charge in [-0.15, -0.1) is 0 Å². The van der Waals surface area contributed by atoms with Gasteiger partial charge in [-0.2, -0.15) is 0 Å². The average molecular weight is 406 g/mol.